The summed E-state index contributed by atoms with van der Waals surface area (Å²) in [6.45, 7) is 2.33. The van der Waals surface area contributed by atoms with Crippen LogP contribution in [0.5, 0.6) is 11.5 Å². The Kier molecular flexibility index (Phi) is 8.54. The lowest BCUT2D eigenvalue weighted by molar-refractivity contribution is -0.0505. The topological polar surface area (TPSA) is 58.1 Å². The van der Waals surface area contributed by atoms with Crippen LogP contribution in [0.1, 0.15) is 51.0 Å². The average molecular weight is 425 g/mol. The van der Waals surface area contributed by atoms with Crippen LogP contribution >= 0.6 is 0 Å². The summed E-state index contributed by atoms with van der Waals surface area (Å²) in [5.41, 5.74) is 0.587. The molecule has 168 valence electrons. The van der Waals surface area contributed by atoms with Crippen molar-refractivity contribution < 1.29 is 18.3 Å². The Balaban J connectivity index is 1.59. The number of halogens is 2. The van der Waals surface area contributed by atoms with E-state index in [1.54, 1.807) is 12.1 Å². The summed E-state index contributed by atoms with van der Waals surface area (Å²) in [6, 6.07) is 6.05. The molecule has 6 nitrogen and oxygen atoms in total. The molecule has 0 aromatic heterocycles. The number of alkyl halides is 2. The Bertz CT molecular complexity index is 688. The van der Waals surface area contributed by atoms with Crippen molar-refractivity contribution in [2.45, 2.75) is 70.7 Å². The monoisotopic (exact) mass is 424 g/mol. The first-order valence-corrected chi connectivity index (χ1v) is 11.0. The van der Waals surface area contributed by atoms with Crippen LogP contribution in [0.4, 0.5) is 8.78 Å². The molecule has 1 saturated carbocycles. The minimum Gasteiger partial charge on any atom is -0.497 e. The van der Waals surface area contributed by atoms with Crippen LogP contribution in [0.3, 0.4) is 0 Å². The van der Waals surface area contributed by atoms with Crippen molar-refractivity contribution in [1.82, 2.24) is 15.5 Å². The van der Waals surface area contributed by atoms with Gasteiger partial charge in [0.05, 0.1) is 13.7 Å². The molecule has 30 heavy (non-hydrogen) atoms. The molecule has 1 aliphatic heterocycles. The third-order valence-corrected chi connectivity index (χ3v) is 5.95. The highest BCUT2D eigenvalue weighted by Crippen LogP contribution is 2.28. The largest absolute Gasteiger partial charge is 0.497 e. The molecule has 0 radical (unpaired) electrons. The van der Waals surface area contributed by atoms with Gasteiger partial charge in [0.2, 0.25) is 0 Å². The van der Waals surface area contributed by atoms with Gasteiger partial charge in [-0.15, -0.1) is 0 Å². The molecular weight excluding hydrogens is 390 g/mol. The zero-order chi connectivity index (χ0) is 21.3. The lowest BCUT2D eigenvalue weighted by atomic mass is 10.0. The molecular formula is C22H34F2N4O2. The highest BCUT2D eigenvalue weighted by atomic mass is 19.3. The van der Waals surface area contributed by atoms with Gasteiger partial charge in [-0.3, -0.25) is 0 Å². The Morgan fingerprint density at radius 3 is 2.57 bits per heavy atom. The molecule has 1 aromatic rings. The first-order chi connectivity index (χ1) is 14.6. The number of ether oxygens (including phenoxy) is 2. The van der Waals surface area contributed by atoms with Crippen LogP contribution in [0.15, 0.2) is 23.2 Å². The van der Waals surface area contributed by atoms with Crippen molar-refractivity contribution in [2.24, 2.45) is 4.99 Å². The summed E-state index contributed by atoms with van der Waals surface area (Å²) in [5, 5.41) is 6.78. The molecule has 0 spiro atoms. The number of nitrogens with one attached hydrogen (secondary N) is 2. The van der Waals surface area contributed by atoms with E-state index >= 15 is 0 Å². The number of nitrogens with zero attached hydrogens (tertiary/aromatic N) is 2. The van der Waals surface area contributed by atoms with E-state index in [2.05, 4.69) is 25.3 Å². The number of hydrogen-bond acceptors (Lipinski definition) is 4. The lowest BCUT2D eigenvalue weighted by Crippen LogP contribution is -2.50. The maximum atomic E-state index is 12.8. The van der Waals surface area contributed by atoms with E-state index in [4.69, 9.17) is 4.74 Å². The van der Waals surface area contributed by atoms with Gasteiger partial charge in [-0.05, 0) is 44.7 Å². The minimum absolute atomic E-state index is 0.0915. The van der Waals surface area contributed by atoms with E-state index in [0.717, 1.165) is 38.5 Å². The van der Waals surface area contributed by atoms with Crippen molar-refractivity contribution in [3.8, 4) is 11.5 Å². The van der Waals surface area contributed by atoms with Crippen molar-refractivity contribution in [3.05, 3.63) is 23.8 Å². The number of guanidine groups is 1. The van der Waals surface area contributed by atoms with Crippen molar-refractivity contribution in [3.63, 3.8) is 0 Å². The van der Waals surface area contributed by atoms with Crippen LogP contribution in [0, 0.1) is 0 Å². The number of piperidine rings is 1. The fourth-order valence-corrected chi connectivity index (χ4v) is 4.35. The molecule has 0 amide bonds. The molecule has 3 rings (SSSR count). The number of aliphatic imine (C=N–C) groups is 1. The van der Waals surface area contributed by atoms with E-state index in [1.807, 2.05) is 6.92 Å². The van der Waals surface area contributed by atoms with Gasteiger partial charge in [-0.2, -0.15) is 8.78 Å². The van der Waals surface area contributed by atoms with Crippen LogP contribution in [-0.4, -0.2) is 56.3 Å². The summed E-state index contributed by atoms with van der Waals surface area (Å²) in [5.74, 6) is 1.27. The first kappa shape index (κ1) is 22.6. The summed E-state index contributed by atoms with van der Waals surface area (Å²) in [4.78, 5) is 7.25. The Hall–Kier alpha value is -2.09. The standard InChI is InChI=1S/C22H34F2N4O2/c1-3-25-22(27-17-10-12-28(13-11-17)18-6-4-5-7-18)26-15-16-8-9-19(29-2)14-20(16)30-21(23)24/h8-9,14,17-18,21H,3-7,10-13,15H2,1-2H3,(H2,25,26,27). The van der Waals surface area contributed by atoms with Gasteiger partial charge >= 0.3 is 6.61 Å². The Morgan fingerprint density at radius 2 is 1.93 bits per heavy atom. The number of benzene rings is 1. The molecule has 1 aromatic carbocycles. The van der Waals surface area contributed by atoms with Gasteiger partial charge in [0, 0.05) is 43.3 Å². The second-order valence-electron chi connectivity index (χ2n) is 7.94. The second kappa shape index (κ2) is 11.3. The van der Waals surface area contributed by atoms with E-state index in [-0.39, 0.29) is 12.3 Å². The van der Waals surface area contributed by atoms with Crippen LogP contribution in [0.25, 0.3) is 0 Å². The molecule has 0 unspecified atom stereocenters. The lowest BCUT2D eigenvalue weighted by Gasteiger charge is -2.36. The fraction of sp³-hybridized carbons (Fsp3) is 0.682. The molecule has 0 atom stereocenters. The van der Waals surface area contributed by atoms with E-state index in [0.29, 0.717) is 23.3 Å². The summed E-state index contributed by atoms with van der Waals surface area (Å²) >= 11 is 0. The molecule has 2 fully saturated rings. The SMILES string of the molecule is CCNC(=NCc1ccc(OC)cc1OC(F)F)NC1CCN(C2CCCC2)CC1. The molecule has 2 aliphatic rings. The van der Waals surface area contributed by atoms with E-state index < -0.39 is 6.61 Å². The van der Waals surface area contributed by atoms with Gasteiger partial charge < -0.3 is 25.0 Å². The second-order valence-corrected chi connectivity index (χ2v) is 7.94. The molecule has 1 saturated heterocycles. The van der Waals surface area contributed by atoms with Gasteiger partial charge in [0.15, 0.2) is 5.96 Å². The number of likely N-dealkylation sites (tertiary alicyclic amines) is 1. The fourth-order valence-electron chi connectivity index (χ4n) is 4.35. The third-order valence-electron chi connectivity index (χ3n) is 5.95. The summed E-state index contributed by atoms with van der Waals surface area (Å²) in [7, 11) is 1.49. The summed E-state index contributed by atoms with van der Waals surface area (Å²) < 4.78 is 35.3. The third kappa shape index (κ3) is 6.45. The average Bonchev–Trinajstić information content (AvgIpc) is 3.28. The number of methoxy groups -OCH3 is 1. The smallest absolute Gasteiger partial charge is 0.387 e. The number of hydrogen-bond donors (Lipinski definition) is 2. The van der Waals surface area contributed by atoms with Gasteiger partial charge in [-0.25, -0.2) is 4.99 Å². The molecule has 2 N–H and O–H groups in total. The maximum Gasteiger partial charge on any atom is 0.387 e. The quantitative estimate of drug-likeness (QED) is 0.492. The minimum atomic E-state index is -2.89. The molecule has 1 heterocycles. The zero-order valence-corrected chi connectivity index (χ0v) is 18.0. The van der Waals surface area contributed by atoms with Crippen molar-refractivity contribution in [1.29, 1.82) is 0 Å². The van der Waals surface area contributed by atoms with Gasteiger partial charge in [0.25, 0.3) is 0 Å². The summed E-state index contributed by atoms with van der Waals surface area (Å²) in [6.07, 6.45) is 7.58. The number of rotatable bonds is 8. The maximum absolute atomic E-state index is 12.8. The van der Waals surface area contributed by atoms with Crippen LogP contribution < -0.4 is 20.1 Å². The Morgan fingerprint density at radius 1 is 1.20 bits per heavy atom. The van der Waals surface area contributed by atoms with Crippen LogP contribution in [0.2, 0.25) is 0 Å². The van der Waals surface area contributed by atoms with Gasteiger partial charge in [0.1, 0.15) is 11.5 Å². The van der Waals surface area contributed by atoms with Gasteiger partial charge in [-0.1, -0.05) is 12.8 Å². The molecule has 1 aliphatic carbocycles. The van der Waals surface area contributed by atoms with E-state index in [1.165, 1.54) is 38.9 Å². The van der Waals surface area contributed by atoms with E-state index in [9.17, 15) is 8.78 Å². The first-order valence-electron chi connectivity index (χ1n) is 11.0. The highest BCUT2D eigenvalue weighted by molar-refractivity contribution is 5.80. The zero-order valence-electron chi connectivity index (χ0n) is 18.0. The van der Waals surface area contributed by atoms with Crippen molar-refractivity contribution in [2.75, 3.05) is 26.7 Å². The predicted octanol–water partition coefficient (Wildman–Crippen LogP) is 3.76. The predicted molar refractivity (Wildman–Crippen MR) is 114 cm³/mol. The molecule has 8 heteroatoms. The molecule has 0 bridgehead atoms. The highest BCUT2D eigenvalue weighted by Gasteiger charge is 2.27. The Labute approximate surface area is 178 Å². The normalized spacial score (nSPS) is 19.3. The van der Waals surface area contributed by atoms with Crippen molar-refractivity contribution >= 4 is 5.96 Å². The van der Waals surface area contributed by atoms with Crippen LogP contribution in [-0.2, 0) is 6.54 Å².